The van der Waals surface area contributed by atoms with Gasteiger partial charge in [0.15, 0.2) is 9.84 Å². The van der Waals surface area contributed by atoms with Gasteiger partial charge >= 0.3 is 0 Å². The van der Waals surface area contributed by atoms with E-state index in [-0.39, 0.29) is 22.8 Å². The maximum Gasteiger partial charge on any atom is 0.270 e. The number of rotatable bonds is 4. The molecule has 1 aliphatic rings. The first-order valence-corrected chi connectivity index (χ1v) is 8.49. The Kier molecular flexibility index (Phi) is 4.36. The van der Waals surface area contributed by atoms with Gasteiger partial charge in [0.05, 0.1) is 22.0 Å². The van der Waals surface area contributed by atoms with E-state index in [0.717, 1.165) is 0 Å². The highest BCUT2D eigenvalue weighted by molar-refractivity contribution is 7.91. The van der Waals surface area contributed by atoms with Gasteiger partial charge in [-0.25, -0.2) is 8.42 Å². The molecule has 0 bridgehead atoms. The van der Waals surface area contributed by atoms with Crippen LogP contribution >= 0.6 is 0 Å². The first-order valence-electron chi connectivity index (χ1n) is 6.66. The molecule has 2 rings (SSSR count). The van der Waals surface area contributed by atoms with Crippen molar-refractivity contribution in [2.24, 2.45) is 0 Å². The van der Waals surface area contributed by atoms with Gasteiger partial charge in [0, 0.05) is 38.0 Å². The molecule has 8 nitrogen and oxygen atoms in total. The van der Waals surface area contributed by atoms with Gasteiger partial charge in [0.25, 0.3) is 11.6 Å². The second kappa shape index (κ2) is 5.91. The normalized spacial score (nSPS) is 19.6. The van der Waals surface area contributed by atoms with E-state index >= 15 is 0 Å². The summed E-state index contributed by atoms with van der Waals surface area (Å²) < 4.78 is 22.9. The van der Waals surface area contributed by atoms with Crippen LogP contribution in [0.25, 0.3) is 0 Å². The molecule has 9 heteroatoms. The minimum atomic E-state index is -3.10. The summed E-state index contributed by atoms with van der Waals surface area (Å²) in [4.78, 5) is 24.3. The van der Waals surface area contributed by atoms with Crippen molar-refractivity contribution >= 4 is 27.1 Å². The zero-order valence-electron chi connectivity index (χ0n) is 12.3. The highest BCUT2D eigenvalue weighted by atomic mass is 32.2. The van der Waals surface area contributed by atoms with E-state index in [4.69, 9.17) is 0 Å². The van der Waals surface area contributed by atoms with Gasteiger partial charge in [-0.15, -0.1) is 0 Å². The Labute approximate surface area is 128 Å². The summed E-state index contributed by atoms with van der Waals surface area (Å²) in [5.74, 6) is -0.548. The molecular formula is C13H17N3O5S. The number of nitrogens with zero attached hydrogens (tertiary/aromatic N) is 2. The Morgan fingerprint density at radius 1 is 1.41 bits per heavy atom. The summed E-state index contributed by atoms with van der Waals surface area (Å²) in [5.41, 5.74) is 0.502. The lowest BCUT2D eigenvalue weighted by Gasteiger charge is -2.18. The lowest BCUT2D eigenvalue weighted by molar-refractivity contribution is -0.384. The van der Waals surface area contributed by atoms with E-state index in [1.165, 1.54) is 18.2 Å². The van der Waals surface area contributed by atoms with Crippen molar-refractivity contribution in [1.82, 2.24) is 5.32 Å². The predicted octanol–water partition coefficient (Wildman–Crippen LogP) is 0.578. The van der Waals surface area contributed by atoms with Crippen LogP contribution in [0.2, 0.25) is 0 Å². The molecule has 1 aromatic rings. The van der Waals surface area contributed by atoms with Gasteiger partial charge in [0.2, 0.25) is 0 Å². The third-order valence-corrected chi connectivity index (χ3v) is 5.25. The van der Waals surface area contributed by atoms with Gasteiger partial charge in [-0.3, -0.25) is 14.9 Å². The molecule has 1 unspecified atom stereocenters. The van der Waals surface area contributed by atoms with Gasteiger partial charge in [-0.2, -0.15) is 0 Å². The van der Waals surface area contributed by atoms with Crippen molar-refractivity contribution in [2.45, 2.75) is 12.5 Å². The monoisotopic (exact) mass is 327 g/mol. The summed E-state index contributed by atoms with van der Waals surface area (Å²) in [5, 5.41) is 13.5. The molecule has 1 saturated heterocycles. The highest BCUT2D eigenvalue weighted by Gasteiger charge is 2.30. The fourth-order valence-corrected chi connectivity index (χ4v) is 4.05. The maximum atomic E-state index is 12.4. The number of sulfone groups is 1. The van der Waals surface area contributed by atoms with Crippen LogP contribution in [0, 0.1) is 10.1 Å². The summed E-state index contributed by atoms with van der Waals surface area (Å²) in [6, 6.07) is 3.57. The number of carbonyl (C=O) groups is 1. The maximum absolute atomic E-state index is 12.4. The van der Waals surface area contributed by atoms with Crippen LogP contribution in [-0.4, -0.2) is 50.9 Å². The topological polar surface area (TPSA) is 110 Å². The Hall–Kier alpha value is -2.16. The molecule has 0 aromatic heterocycles. The van der Waals surface area contributed by atoms with Crippen LogP contribution in [0.1, 0.15) is 16.8 Å². The van der Waals surface area contributed by atoms with E-state index in [9.17, 15) is 23.3 Å². The summed E-state index contributed by atoms with van der Waals surface area (Å²) in [7, 11) is 0.336. The number of nitro groups is 1. The number of nitro benzene ring substituents is 1. The average Bonchev–Trinajstić information content (AvgIpc) is 2.76. The first-order chi connectivity index (χ1) is 10.2. The molecule has 22 heavy (non-hydrogen) atoms. The zero-order chi connectivity index (χ0) is 16.5. The van der Waals surface area contributed by atoms with E-state index in [1.54, 1.807) is 19.0 Å². The van der Waals surface area contributed by atoms with Crippen molar-refractivity contribution in [1.29, 1.82) is 0 Å². The SMILES string of the molecule is CN(C)c1ccc([N+](=O)[O-])cc1C(=O)NC1CCS(=O)(=O)C1. The molecule has 0 radical (unpaired) electrons. The summed E-state index contributed by atoms with van der Waals surface area (Å²) >= 11 is 0. The lowest BCUT2D eigenvalue weighted by Crippen LogP contribution is -2.36. The third-order valence-electron chi connectivity index (χ3n) is 3.49. The third kappa shape index (κ3) is 3.53. The second-order valence-corrected chi connectivity index (χ2v) is 7.66. The smallest absolute Gasteiger partial charge is 0.270 e. The molecule has 1 aromatic carbocycles. The number of anilines is 1. The fraction of sp³-hybridized carbons (Fsp3) is 0.462. The minimum Gasteiger partial charge on any atom is -0.377 e. The van der Waals surface area contributed by atoms with Crippen molar-refractivity contribution < 1.29 is 18.1 Å². The molecule has 120 valence electrons. The number of benzene rings is 1. The number of amides is 1. The number of carbonyl (C=O) groups excluding carboxylic acids is 1. The largest absolute Gasteiger partial charge is 0.377 e. The van der Waals surface area contributed by atoms with Gasteiger partial charge in [-0.05, 0) is 12.5 Å². The van der Waals surface area contributed by atoms with E-state index < -0.39 is 26.7 Å². The van der Waals surface area contributed by atoms with Crippen LogP contribution in [0.3, 0.4) is 0 Å². The molecule has 1 N–H and O–H groups in total. The lowest BCUT2D eigenvalue weighted by atomic mass is 10.1. The van der Waals surface area contributed by atoms with E-state index in [2.05, 4.69) is 5.32 Å². The van der Waals surface area contributed by atoms with Crippen molar-refractivity contribution in [3.63, 3.8) is 0 Å². The standard InChI is InChI=1S/C13H17N3O5S/c1-15(2)12-4-3-10(16(18)19)7-11(12)13(17)14-9-5-6-22(20,21)8-9/h3-4,7,9H,5-6,8H2,1-2H3,(H,14,17). The van der Waals surface area contributed by atoms with E-state index in [1.807, 2.05) is 0 Å². The molecule has 0 spiro atoms. The van der Waals surface area contributed by atoms with Crippen LogP contribution in [-0.2, 0) is 9.84 Å². The number of nitrogens with one attached hydrogen (secondary N) is 1. The zero-order valence-corrected chi connectivity index (χ0v) is 13.1. The molecule has 1 amide bonds. The first kappa shape index (κ1) is 16.2. The van der Waals surface area contributed by atoms with Crippen molar-refractivity contribution in [3.05, 3.63) is 33.9 Å². The van der Waals surface area contributed by atoms with E-state index in [0.29, 0.717) is 12.1 Å². The Balaban J connectivity index is 2.27. The van der Waals surface area contributed by atoms with Crippen LogP contribution < -0.4 is 10.2 Å². The quantitative estimate of drug-likeness (QED) is 0.640. The number of hydrogen-bond acceptors (Lipinski definition) is 6. The van der Waals surface area contributed by atoms with Crippen LogP contribution in [0.5, 0.6) is 0 Å². The van der Waals surface area contributed by atoms with Crippen LogP contribution in [0.15, 0.2) is 18.2 Å². The predicted molar refractivity (Wildman–Crippen MR) is 81.9 cm³/mol. The molecular weight excluding hydrogens is 310 g/mol. The molecule has 1 heterocycles. The van der Waals surface area contributed by atoms with Crippen LogP contribution in [0.4, 0.5) is 11.4 Å². The van der Waals surface area contributed by atoms with Gasteiger partial charge < -0.3 is 10.2 Å². The Morgan fingerprint density at radius 2 is 2.09 bits per heavy atom. The molecule has 0 saturated carbocycles. The van der Waals surface area contributed by atoms with Gasteiger partial charge in [0.1, 0.15) is 0 Å². The fourth-order valence-electron chi connectivity index (χ4n) is 2.38. The average molecular weight is 327 g/mol. The summed E-state index contributed by atoms with van der Waals surface area (Å²) in [6.45, 7) is 0. The number of hydrogen-bond donors (Lipinski definition) is 1. The van der Waals surface area contributed by atoms with Gasteiger partial charge in [-0.1, -0.05) is 0 Å². The molecule has 1 fully saturated rings. The second-order valence-electron chi connectivity index (χ2n) is 5.43. The van der Waals surface area contributed by atoms with Crippen molar-refractivity contribution in [3.8, 4) is 0 Å². The highest BCUT2D eigenvalue weighted by Crippen LogP contribution is 2.24. The Morgan fingerprint density at radius 3 is 2.59 bits per heavy atom. The minimum absolute atomic E-state index is 0.0490. The molecule has 1 aliphatic heterocycles. The molecule has 1 atom stereocenters. The molecule has 0 aliphatic carbocycles. The Bertz CT molecular complexity index is 714. The summed E-state index contributed by atoms with van der Waals surface area (Å²) in [6.07, 6.45) is 0.361. The number of non-ortho nitro benzene ring substituents is 1. The van der Waals surface area contributed by atoms with Crippen molar-refractivity contribution in [2.75, 3.05) is 30.5 Å².